The predicted octanol–water partition coefficient (Wildman–Crippen LogP) is 4.15. The molecule has 0 aliphatic carbocycles. The van der Waals surface area contributed by atoms with Gasteiger partial charge in [0, 0.05) is 18.5 Å². The van der Waals surface area contributed by atoms with Gasteiger partial charge in [-0.1, -0.05) is 23.2 Å². The number of nitrogens with one attached hydrogen (secondary N) is 1. The van der Waals surface area contributed by atoms with Crippen molar-refractivity contribution in [2.75, 3.05) is 19.4 Å². The standard InChI is InChI=1S/C18H18Cl2N2O4S/c1-11(18(17(23)24-2)22-7-8-27-18)25-13-3-5-14(6-4-13)26-16-15(20)9-12(19)10-21-16/h3-6,9-11,22H,7-8H2,1-2H3. The summed E-state index contributed by atoms with van der Waals surface area (Å²) < 4.78 is 16.6. The van der Waals surface area contributed by atoms with Gasteiger partial charge < -0.3 is 14.2 Å². The maximum absolute atomic E-state index is 12.2. The maximum Gasteiger partial charge on any atom is 0.340 e. The first-order chi connectivity index (χ1) is 12.9. The minimum Gasteiger partial charge on any atom is -0.487 e. The van der Waals surface area contributed by atoms with Crippen molar-refractivity contribution in [3.8, 4) is 17.4 Å². The number of ether oxygens (including phenoxy) is 3. The van der Waals surface area contributed by atoms with Crippen LogP contribution in [-0.2, 0) is 9.53 Å². The molecule has 0 saturated carbocycles. The van der Waals surface area contributed by atoms with Gasteiger partial charge in [0.15, 0.2) is 0 Å². The molecule has 1 fully saturated rings. The molecular formula is C18H18Cl2N2O4S. The van der Waals surface area contributed by atoms with E-state index in [0.717, 1.165) is 12.3 Å². The van der Waals surface area contributed by atoms with Gasteiger partial charge in [-0.3, -0.25) is 5.32 Å². The van der Waals surface area contributed by atoms with E-state index in [2.05, 4.69) is 10.3 Å². The molecule has 2 aromatic rings. The van der Waals surface area contributed by atoms with Crippen molar-refractivity contribution in [3.63, 3.8) is 0 Å². The summed E-state index contributed by atoms with van der Waals surface area (Å²) in [5, 5.41) is 3.95. The maximum atomic E-state index is 12.2. The van der Waals surface area contributed by atoms with Crippen LogP contribution in [0.5, 0.6) is 17.4 Å². The fraction of sp³-hybridized carbons (Fsp3) is 0.333. The number of carbonyl (C=O) groups is 1. The van der Waals surface area contributed by atoms with Crippen LogP contribution in [0.3, 0.4) is 0 Å². The van der Waals surface area contributed by atoms with E-state index in [0.29, 0.717) is 21.5 Å². The topological polar surface area (TPSA) is 69.7 Å². The quantitative estimate of drug-likeness (QED) is 0.692. The second-order valence-corrected chi connectivity index (χ2v) is 7.96. The molecule has 0 amide bonds. The summed E-state index contributed by atoms with van der Waals surface area (Å²) in [6, 6.07) is 8.52. The average Bonchev–Trinajstić information content (AvgIpc) is 3.16. The fourth-order valence-electron chi connectivity index (χ4n) is 2.67. The average molecular weight is 429 g/mol. The normalized spacial score (nSPS) is 20.1. The highest BCUT2D eigenvalue weighted by atomic mass is 35.5. The van der Waals surface area contributed by atoms with E-state index in [4.69, 9.17) is 37.4 Å². The SMILES string of the molecule is COC(=O)C1(C(C)Oc2ccc(Oc3ncc(Cl)cc3Cl)cc2)NCCS1. The van der Waals surface area contributed by atoms with Crippen LogP contribution in [-0.4, -0.2) is 41.3 Å². The van der Waals surface area contributed by atoms with Crippen LogP contribution >= 0.6 is 35.0 Å². The molecule has 0 radical (unpaired) electrons. The molecule has 1 saturated heterocycles. The van der Waals surface area contributed by atoms with E-state index >= 15 is 0 Å². The Morgan fingerprint density at radius 1 is 1.30 bits per heavy atom. The van der Waals surface area contributed by atoms with Crippen molar-refractivity contribution in [1.82, 2.24) is 10.3 Å². The molecule has 3 rings (SSSR count). The number of aromatic nitrogens is 1. The van der Waals surface area contributed by atoms with Crippen LogP contribution in [0.15, 0.2) is 36.5 Å². The molecule has 1 aliphatic heterocycles. The minimum absolute atomic E-state index is 0.263. The van der Waals surface area contributed by atoms with Crippen LogP contribution < -0.4 is 14.8 Å². The Bertz CT molecular complexity index is 814. The summed E-state index contributed by atoms with van der Waals surface area (Å²) in [5.41, 5.74) is 0. The third-order valence-corrected chi connectivity index (χ3v) is 5.99. The molecule has 1 N–H and O–H groups in total. The first kappa shape index (κ1) is 20.1. The molecule has 6 nitrogen and oxygen atoms in total. The van der Waals surface area contributed by atoms with Gasteiger partial charge in [0.2, 0.25) is 10.8 Å². The zero-order valence-corrected chi connectivity index (χ0v) is 17.0. The van der Waals surface area contributed by atoms with Crippen molar-refractivity contribution in [3.05, 3.63) is 46.6 Å². The zero-order chi connectivity index (χ0) is 19.4. The van der Waals surface area contributed by atoms with Gasteiger partial charge in [0.05, 0.1) is 12.1 Å². The number of methoxy groups -OCH3 is 1. The zero-order valence-electron chi connectivity index (χ0n) is 14.7. The first-order valence-corrected chi connectivity index (χ1v) is 9.92. The van der Waals surface area contributed by atoms with Crippen molar-refractivity contribution in [2.24, 2.45) is 0 Å². The summed E-state index contributed by atoms with van der Waals surface area (Å²) in [6.07, 6.45) is 1.03. The Kier molecular flexibility index (Phi) is 6.37. The molecular weight excluding hydrogens is 411 g/mol. The van der Waals surface area contributed by atoms with Crippen LogP contribution in [0.4, 0.5) is 0 Å². The lowest BCUT2D eigenvalue weighted by molar-refractivity contribution is -0.147. The van der Waals surface area contributed by atoms with Gasteiger partial charge in [0.25, 0.3) is 0 Å². The van der Waals surface area contributed by atoms with E-state index in [1.807, 2.05) is 6.92 Å². The summed E-state index contributed by atoms with van der Waals surface area (Å²) in [7, 11) is 1.37. The molecule has 144 valence electrons. The van der Waals surface area contributed by atoms with Crippen LogP contribution in [0, 0.1) is 0 Å². The number of halogens is 2. The second kappa shape index (κ2) is 8.56. The van der Waals surface area contributed by atoms with E-state index in [1.54, 1.807) is 30.3 Å². The first-order valence-electron chi connectivity index (χ1n) is 8.17. The number of esters is 1. The van der Waals surface area contributed by atoms with Gasteiger partial charge in [-0.25, -0.2) is 9.78 Å². The minimum atomic E-state index is -0.912. The fourth-order valence-corrected chi connectivity index (χ4v) is 4.30. The van der Waals surface area contributed by atoms with Gasteiger partial charge in [-0.05, 0) is 37.3 Å². The Morgan fingerprint density at radius 3 is 2.59 bits per heavy atom. The summed E-state index contributed by atoms with van der Waals surface area (Å²) in [4.78, 5) is 15.4. The van der Waals surface area contributed by atoms with Gasteiger partial charge >= 0.3 is 5.97 Å². The third-order valence-electron chi connectivity index (χ3n) is 4.01. The molecule has 27 heavy (non-hydrogen) atoms. The highest BCUT2D eigenvalue weighted by Gasteiger charge is 2.49. The number of thioether (sulfide) groups is 1. The van der Waals surface area contributed by atoms with Crippen molar-refractivity contribution < 1.29 is 19.0 Å². The molecule has 9 heteroatoms. The number of pyridine rings is 1. The van der Waals surface area contributed by atoms with Gasteiger partial charge in [-0.2, -0.15) is 0 Å². The monoisotopic (exact) mass is 428 g/mol. The van der Waals surface area contributed by atoms with Gasteiger partial charge in [-0.15, -0.1) is 11.8 Å². The highest BCUT2D eigenvalue weighted by Crippen LogP contribution is 2.35. The Balaban J connectivity index is 1.69. The summed E-state index contributed by atoms with van der Waals surface area (Å²) in [5.74, 6) is 1.87. The molecule has 1 aliphatic rings. The number of hydrogen-bond donors (Lipinski definition) is 1. The lowest BCUT2D eigenvalue weighted by Crippen LogP contribution is -2.56. The molecule has 2 heterocycles. The van der Waals surface area contributed by atoms with E-state index in [9.17, 15) is 4.79 Å². The van der Waals surface area contributed by atoms with Crippen LogP contribution in [0.1, 0.15) is 6.92 Å². The Hall–Kier alpha value is -1.67. The highest BCUT2D eigenvalue weighted by molar-refractivity contribution is 8.01. The van der Waals surface area contributed by atoms with Crippen molar-refractivity contribution in [1.29, 1.82) is 0 Å². The van der Waals surface area contributed by atoms with Crippen molar-refractivity contribution in [2.45, 2.75) is 17.9 Å². The number of nitrogens with zero attached hydrogens (tertiary/aromatic N) is 1. The van der Waals surface area contributed by atoms with Crippen LogP contribution in [0.25, 0.3) is 0 Å². The number of hydrogen-bond acceptors (Lipinski definition) is 7. The van der Waals surface area contributed by atoms with Crippen LogP contribution in [0.2, 0.25) is 10.0 Å². The molecule has 2 atom stereocenters. The predicted molar refractivity (Wildman–Crippen MR) is 106 cm³/mol. The summed E-state index contributed by atoms with van der Waals surface area (Å²) >= 11 is 13.4. The number of rotatable bonds is 6. The smallest absolute Gasteiger partial charge is 0.340 e. The Morgan fingerprint density at radius 2 is 2.00 bits per heavy atom. The molecule has 2 unspecified atom stereocenters. The van der Waals surface area contributed by atoms with Crippen molar-refractivity contribution >= 4 is 40.9 Å². The largest absolute Gasteiger partial charge is 0.487 e. The molecule has 1 aromatic heterocycles. The number of carbonyl (C=O) groups excluding carboxylic acids is 1. The molecule has 0 bridgehead atoms. The molecule has 1 aromatic carbocycles. The van der Waals surface area contributed by atoms with Gasteiger partial charge in [0.1, 0.15) is 22.6 Å². The van der Waals surface area contributed by atoms with E-state index in [-0.39, 0.29) is 11.8 Å². The third kappa shape index (κ3) is 4.43. The second-order valence-electron chi connectivity index (χ2n) is 5.78. The molecule has 0 spiro atoms. The lowest BCUT2D eigenvalue weighted by atomic mass is 10.1. The van der Waals surface area contributed by atoms with E-state index < -0.39 is 11.0 Å². The summed E-state index contributed by atoms with van der Waals surface area (Å²) in [6.45, 7) is 2.55. The Labute approximate surface area is 171 Å². The van der Waals surface area contributed by atoms with E-state index in [1.165, 1.54) is 25.1 Å². The lowest BCUT2D eigenvalue weighted by Gasteiger charge is -2.31. The number of benzene rings is 1.